The van der Waals surface area contributed by atoms with Crippen LogP contribution in [-0.2, 0) is 0 Å². The Morgan fingerprint density at radius 2 is 2.06 bits per heavy atom. The maximum atomic E-state index is 4.56. The smallest absolute Gasteiger partial charge is 0.0576 e. The maximum absolute atomic E-state index is 4.56. The number of pyridine rings is 1. The van der Waals surface area contributed by atoms with Gasteiger partial charge in [-0.2, -0.15) is 0 Å². The number of rotatable bonds is 5. The van der Waals surface area contributed by atoms with Crippen molar-refractivity contribution in [3.8, 4) is 0 Å². The highest BCUT2D eigenvalue weighted by Gasteiger charge is 2.27. The van der Waals surface area contributed by atoms with E-state index < -0.39 is 0 Å². The second-order valence-electron chi connectivity index (χ2n) is 5.71. The first kappa shape index (κ1) is 13.5. The lowest BCUT2D eigenvalue weighted by molar-refractivity contribution is 0.229. The van der Waals surface area contributed by atoms with Crippen LogP contribution in [-0.4, -0.2) is 11.5 Å². The molecule has 0 radical (unpaired) electrons. The van der Waals surface area contributed by atoms with E-state index in [0.29, 0.717) is 6.04 Å². The predicted molar refractivity (Wildman–Crippen MR) is 76.4 cm³/mol. The predicted octanol–water partition coefficient (Wildman–Crippen LogP) is 3.95. The van der Waals surface area contributed by atoms with E-state index in [2.05, 4.69) is 36.3 Å². The molecule has 0 amide bonds. The maximum Gasteiger partial charge on any atom is 0.0576 e. The molecule has 0 saturated heterocycles. The molecule has 0 spiro atoms. The molecule has 1 aromatic heterocycles. The SMILES string of the molecule is CCCNC(c1ccccn1)C1CCC(C)CC1. The van der Waals surface area contributed by atoms with Crippen LogP contribution in [0.1, 0.15) is 57.7 Å². The van der Waals surface area contributed by atoms with E-state index in [1.807, 2.05) is 12.3 Å². The Morgan fingerprint density at radius 3 is 2.67 bits per heavy atom. The zero-order chi connectivity index (χ0) is 12.8. The van der Waals surface area contributed by atoms with Crippen LogP contribution in [0.3, 0.4) is 0 Å². The van der Waals surface area contributed by atoms with Crippen LogP contribution in [0, 0.1) is 11.8 Å². The topological polar surface area (TPSA) is 24.9 Å². The van der Waals surface area contributed by atoms with Gasteiger partial charge in [0.25, 0.3) is 0 Å². The Kier molecular flexibility index (Phi) is 5.18. The van der Waals surface area contributed by atoms with Crippen molar-refractivity contribution >= 4 is 0 Å². The van der Waals surface area contributed by atoms with Gasteiger partial charge in [-0.25, -0.2) is 0 Å². The highest BCUT2D eigenvalue weighted by Crippen LogP contribution is 2.36. The number of aromatic nitrogens is 1. The molecule has 1 N–H and O–H groups in total. The molecule has 1 atom stereocenters. The Hall–Kier alpha value is -0.890. The van der Waals surface area contributed by atoms with Crippen LogP contribution in [0.25, 0.3) is 0 Å². The fraction of sp³-hybridized carbons (Fsp3) is 0.688. The number of hydrogen-bond donors (Lipinski definition) is 1. The third-order valence-corrected chi connectivity index (χ3v) is 4.15. The molecular formula is C16H26N2. The van der Waals surface area contributed by atoms with Gasteiger partial charge in [0.05, 0.1) is 11.7 Å². The quantitative estimate of drug-likeness (QED) is 0.851. The van der Waals surface area contributed by atoms with E-state index in [-0.39, 0.29) is 0 Å². The van der Waals surface area contributed by atoms with E-state index in [1.165, 1.54) is 37.8 Å². The summed E-state index contributed by atoms with van der Waals surface area (Å²) in [6, 6.07) is 6.74. The molecule has 1 heterocycles. The highest BCUT2D eigenvalue weighted by molar-refractivity contribution is 5.10. The minimum atomic E-state index is 0.457. The summed E-state index contributed by atoms with van der Waals surface area (Å²) in [5.74, 6) is 1.68. The molecule has 2 rings (SSSR count). The molecule has 1 aromatic rings. The van der Waals surface area contributed by atoms with E-state index in [4.69, 9.17) is 0 Å². The van der Waals surface area contributed by atoms with Crippen LogP contribution in [0.4, 0.5) is 0 Å². The van der Waals surface area contributed by atoms with Gasteiger partial charge in [-0.15, -0.1) is 0 Å². The Bertz CT molecular complexity index is 328. The molecular weight excluding hydrogens is 220 g/mol. The van der Waals surface area contributed by atoms with Gasteiger partial charge in [0, 0.05) is 6.20 Å². The lowest BCUT2D eigenvalue weighted by atomic mass is 9.78. The molecule has 2 nitrogen and oxygen atoms in total. The first-order valence-electron chi connectivity index (χ1n) is 7.45. The Morgan fingerprint density at radius 1 is 1.28 bits per heavy atom. The van der Waals surface area contributed by atoms with Gasteiger partial charge < -0.3 is 5.32 Å². The molecule has 100 valence electrons. The highest BCUT2D eigenvalue weighted by atomic mass is 14.9. The summed E-state index contributed by atoms with van der Waals surface area (Å²) >= 11 is 0. The molecule has 1 saturated carbocycles. The van der Waals surface area contributed by atoms with Crippen molar-refractivity contribution in [3.05, 3.63) is 30.1 Å². The average Bonchev–Trinajstić information content (AvgIpc) is 2.42. The number of hydrogen-bond acceptors (Lipinski definition) is 2. The molecule has 0 aliphatic heterocycles. The van der Waals surface area contributed by atoms with E-state index in [0.717, 1.165) is 18.4 Å². The van der Waals surface area contributed by atoms with E-state index >= 15 is 0 Å². The van der Waals surface area contributed by atoms with E-state index in [9.17, 15) is 0 Å². The zero-order valence-electron chi connectivity index (χ0n) is 11.7. The van der Waals surface area contributed by atoms with Crippen molar-refractivity contribution < 1.29 is 0 Å². The minimum absolute atomic E-state index is 0.457. The third-order valence-electron chi connectivity index (χ3n) is 4.15. The summed E-state index contributed by atoms with van der Waals surface area (Å²) in [7, 11) is 0. The first-order chi connectivity index (χ1) is 8.81. The first-order valence-corrected chi connectivity index (χ1v) is 7.45. The summed E-state index contributed by atoms with van der Waals surface area (Å²) in [4.78, 5) is 4.56. The van der Waals surface area contributed by atoms with Gasteiger partial charge >= 0.3 is 0 Å². The van der Waals surface area contributed by atoms with E-state index in [1.54, 1.807) is 0 Å². The zero-order valence-corrected chi connectivity index (χ0v) is 11.7. The molecule has 0 aromatic carbocycles. The van der Waals surface area contributed by atoms with Gasteiger partial charge in [-0.1, -0.05) is 32.8 Å². The standard InChI is InChI=1S/C16H26N2/c1-3-11-18-16(15-6-4-5-12-17-15)14-9-7-13(2)8-10-14/h4-6,12-14,16,18H,3,7-11H2,1-2H3. The minimum Gasteiger partial charge on any atom is -0.308 e. The summed E-state index contributed by atoms with van der Waals surface area (Å²) in [6.45, 7) is 5.70. The van der Waals surface area contributed by atoms with Crippen LogP contribution >= 0.6 is 0 Å². The van der Waals surface area contributed by atoms with Crippen molar-refractivity contribution in [3.63, 3.8) is 0 Å². The second kappa shape index (κ2) is 6.89. The van der Waals surface area contributed by atoms with Crippen molar-refractivity contribution in [1.82, 2.24) is 10.3 Å². The van der Waals surface area contributed by atoms with Gasteiger partial charge in [0.1, 0.15) is 0 Å². The fourth-order valence-corrected chi connectivity index (χ4v) is 2.99. The van der Waals surface area contributed by atoms with Crippen molar-refractivity contribution in [2.45, 2.75) is 52.0 Å². The van der Waals surface area contributed by atoms with Gasteiger partial charge in [0.2, 0.25) is 0 Å². The van der Waals surface area contributed by atoms with Gasteiger partial charge in [-0.05, 0) is 49.8 Å². The molecule has 1 fully saturated rings. The Labute approximate surface area is 111 Å². The van der Waals surface area contributed by atoms with Gasteiger partial charge in [0.15, 0.2) is 0 Å². The van der Waals surface area contributed by atoms with Crippen LogP contribution in [0.2, 0.25) is 0 Å². The summed E-state index contributed by atoms with van der Waals surface area (Å²) in [5, 5.41) is 3.71. The van der Waals surface area contributed by atoms with Crippen molar-refractivity contribution in [2.75, 3.05) is 6.54 Å². The lowest BCUT2D eigenvalue weighted by Crippen LogP contribution is -2.32. The number of nitrogens with one attached hydrogen (secondary N) is 1. The van der Waals surface area contributed by atoms with Crippen LogP contribution < -0.4 is 5.32 Å². The summed E-state index contributed by atoms with van der Waals surface area (Å²) < 4.78 is 0. The summed E-state index contributed by atoms with van der Waals surface area (Å²) in [5.41, 5.74) is 1.23. The average molecular weight is 246 g/mol. The van der Waals surface area contributed by atoms with Crippen molar-refractivity contribution in [1.29, 1.82) is 0 Å². The fourth-order valence-electron chi connectivity index (χ4n) is 2.99. The van der Waals surface area contributed by atoms with Gasteiger partial charge in [-0.3, -0.25) is 4.98 Å². The molecule has 2 heteroatoms. The third kappa shape index (κ3) is 3.55. The molecule has 1 unspecified atom stereocenters. The normalized spacial score (nSPS) is 25.9. The summed E-state index contributed by atoms with van der Waals surface area (Å²) in [6.07, 6.45) is 8.55. The lowest BCUT2D eigenvalue weighted by Gasteiger charge is -2.33. The molecule has 1 aliphatic rings. The molecule has 18 heavy (non-hydrogen) atoms. The molecule has 1 aliphatic carbocycles. The van der Waals surface area contributed by atoms with Crippen molar-refractivity contribution in [2.24, 2.45) is 11.8 Å². The monoisotopic (exact) mass is 246 g/mol. The molecule has 0 bridgehead atoms. The number of nitrogens with zero attached hydrogens (tertiary/aromatic N) is 1. The second-order valence-corrected chi connectivity index (χ2v) is 5.71. The van der Waals surface area contributed by atoms with Crippen LogP contribution in [0.5, 0.6) is 0 Å². The van der Waals surface area contributed by atoms with Crippen LogP contribution in [0.15, 0.2) is 24.4 Å². The largest absolute Gasteiger partial charge is 0.308 e. The Balaban J connectivity index is 2.05.